The van der Waals surface area contributed by atoms with Crippen molar-refractivity contribution in [2.24, 2.45) is 0 Å². The maximum Gasteiger partial charge on any atom is 0.122 e. The summed E-state index contributed by atoms with van der Waals surface area (Å²) in [7, 11) is 1.92. The van der Waals surface area contributed by atoms with E-state index in [0.29, 0.717) is 0 Å². The van der Waals surface area contributed by atoms with Crippen molar-refractivity contribution in [3.05, 3.63) is 29.8 Å². The average molecular weight is 187 g/mol. The van der Waals surface area contributed by atoms with Gasteiger partial charge >= 0.3 is 0 Å². The fourth-order valence-electron chi connectivity index (χ4n) is 0.756. The van der Waals surface area contributed by atoms with Gasteiger partial charge in [-0.2, -0.15) is 10.5 Å². The van der Waals surface area contributed by atoms with Crippen molar-refractivity contribution in [1.29, 1.82) is 10.5 Å². The standard InChI is InChI=1S/C8H11N.C3H2N2/c1-7-3-5-8(9-2)6-4-7;4-2-1-3-5/h3-6,9H,1-2H3;1H2. The summed E-state index contributed by atoms with van der Waals surface area (Å²) in [6.45, 7) is 2.08. The van der Waals surface area contributed by atoms with Crippen LogP contribution in [0.25, 0.3) is 0 Å². The van der Waals surface area contributed by atoms with E-state index in [9.17, 15) is 0 Å². The highest BCUT2D eigenvalue weighted by molar-refractivity contribution is 5.43. The van der Waals surface area contributed by atoms with E-state index in [1.165, 1.54) is 11.3 Å². The number of anilines is 1. The molecule has 1 rings (SSSR count). The molecule has 0 aliphatic heterocycles. The van der Waals surface area contributed by atoms with Crippen LogP contribution < -0.4 is 5.32 Å². The molecule has 1 N–H and O–H groups in total. The minimum absolute atomic E-state index is 0. The minimum Gasteiger partial charge on any atom is -0.388 e. The fraction of sp³-hybridized carbons (Fsp3) is 0.273. The molecule has 0 atom stereocenters. The Labute approximate surface area is 84.6 Å². The third-order valence-corrected chi connectivity index (χ3v) is 1.50. The van der Waals surface area contributed by atoms with Gasteiger partial charge in [0.2, 0.25) is 0 Å². The first kappa shape index (κ1) is 12.0. The van der Waals surface area contributed by atoms with Crippen LogP contribution in [0.2, 0.25) is 0 Å². The van der Waals surface area contributed by atoms with Crippen LogP contribution in [-0.4, -0.2) is 7.05 Å². The number of hydrogen-bond acceptors (Lipinski definition) is 3. The summed E-state index contributed by atoms with van der Waals surface area (Å²) in [5.74, 6) is 0. The Kier molecular flexibility index (Phi) is 6.55. The van der Waals surface area contributed by atoms with Crippen molar-refractivity contribution in [1.82, 2.24) is 0 Å². The Morgan fingerprint density at radius 2 is 1.64 bits per heavy atom. The Bertz CT molecular complexity index is 315. The molecule has 0 spiro atoms. The van der Waals surface area contributed by atoms with Crippen LogP contribution in [0.1, 0.15) is 12.0 Å². The van der Waals surface area contributed by atoms with E-state index < -0.39 is 0 Å². The molecular formula is C11H13N3. The Morgan fingerprint density at radius 3 is 1.93 bits per heavy atom. The van der Waals surface area contributed by atoms with Gasteiger partial charge in [0.1, 0.15) is 6.42 Å². The second-order valence-electron chi connectivity index (χ2n) is 2.61. The Balaban J connectivity index is 0.000000292. The second-order valence-corrected chi connectivity index (χ2v) is 2.61. The van der Waals surface area contributed by atoms with E-state index in [1.54, 1.807) is 12.1 Å². The quantitative estimate of drug-likeness (QED) is 0.734. The molecular weight excluding hydrogens is 174 g/mol. The molecule has 72 valence electrons. The summed E-state index contributed by atoms with van der Waals surface area (Å²) < 4.78 is 0. The molecule has 0 aliphatic carbocycles. The lowest BCUT2D eigenvalue weighted by Crippen LogP contribution is -1.85. The highest BCUT2D eigenvalue weighted by Crippen LogP contribution is 2.06. The van der Waals surface area contributed by atoms with Crippen LogP contribution in [-0.2, 0) is 0 Å². The van der Waals surface area contributed by atoms with Crippen molar-refractivity contribution in [3.63, 3.8) is 0 Å². The van der Waals surface area contributed by atoms with Crippen LogP contribution in [0.5, 0.6) is 0 Å². The number of aryl methyl sites for hydroxylation is 1. The molecule has 0 radical (unpaired) electrons. The van der Waals surface area contributed by atoms with Crippen molar-refractivity contribution in [3.8, 4) is 12.1 Å². The third-order valence-electron chi connectivity index (χ3n) is 1.50. The van der Waals surface area contributed by atoms with E-state index in [4.69, 9.17) is 10.5 Å². The van der Waals surface area contributed by atoms with Gasteiger partial charge in [0.25, 0.3) is 0 Å². The third kappa shape index (κ3) is 5.62. The van der Waals surface area contributed by atoms with E-state index in [0.717, 1.165) is 0 Å². The van der Waals surface area contributed by atoms with E-state index in [-0.39, 0.29) is 6.42 Å². The molecule has 1 aromatic carbocycles. The van der Waals surface area contributed by atoms with Gasteiger partial charge in [-0.1, -0.05) is 17.7 Å². The predicted octanol–water partition coefficient (Wildman–Crippen LogP) is 2.46. The van der Waals surface area contributed by atoms with Crippen LogP contribution in [0, 0.1) is 29.6 Å². The first-order valence-electron chi connectivity index (χ1n) is 4.23. The van der Waals surface area contributed by atoms with Gasteiger partial charge in [-0.3, -0.25) is 0 Å². The summed E-state index contributed by atoms with van der Waals surface area (Å²) in [5, 5.41) is 18.2. The molecule has 0 aromatic heterocycles. The molecule has 0 unspecified atom stereocenters. The van der Waals surface area contributed by atoms with Gasteiger partial charge in [0.05, 0.1) is 12.1 Å². The van der Waals surface area contributed by atoms with Gasteiger partial charge in [-0.05, 0) is 19.1 Å². The highest BCUT2D eigenvalue weighted by atomic mass is 14.8. The normalized spacial score (nSPS) is 7.43. The van der Waals surface area contributed by atoms with Crippen molar-refractivity contribution < 1.29 is 0 Å². The van der Waals surface area contributed by atoms with Gasteiger partial charge in [0, 0.05) is 12.7 Å². The number of nitrogens with zero attached hydrogens (tertiary/aromatic N) is 2. The van der Waals surface area contributed by atoms with Crippen molar-refractivity contribution >= 4 is 5.69 Å². The van der Waals surface area contributed by atoms with Crippen LogP contribution in [0.3, 0.4) is 0 Å². The predicted molar refractivity (Wildman–Crippen MR) is 56.6 cm³/mol. The molecule has 0 heterocycles. The number of nitriles is 2. The van der Waals surface area contributed by atoms with Crippen LogP contribution in [0.15, 0.2) is 24.3 Å². The lowest BCUT2D eigenvalue weighted by molar-refractivity contribution is 1.33. The number of hydrogen-bond donors (Lipinski definition) is 1. The summed E-state index contributed by atoms with van der Waals surface area (Å²) in [5.41, 5.74) is 2.47. The minimum atomic E-state index is 0. The molecule has 0 bridgehead atoms. The zero-order chi connectivity index (χ0) is 10.8. The molecule has 0 fully saturated rings. The Morgan fingerprint density at radius 1 is 1.14 bits per heavy atom. The molecule has 0 amide bonds. The van der Waals surface area contributed by atoms with E-state index in [1.807, 2.05) is 7.05 Å². The number of benzene rings is 1. The summed E-state index contributed by atoms with van der Waals surface area (Å²) >= 11 is 0. The van der Waals surface area contributed by atoms with Crippen LogP contribution in [0.4, 0.5) is 5.69 Å². The topological polar surface area (TPSA) is 59.6 Å². The first-order chi connectivity index (χ1) is 6.74. The Hall–Kier alpha value is -2.00. The monoisotopic (exact) mass is 187 g/mol. The highest BCUT2D eigenvalue weighted by Gasteiger charge is 1.83. The maximum atomic E-state index is 7.59. The van der Waals surface area contributed by atoms with Gasteiger partial charge in [0.15, 0.2) is 0 Å². The average Bonchev–Trinajstić information content (AvgIpc) is 2.21. The van der Waals surface area contributed by atoms with Crippen LogP contribution >= 0.6 is 0 Å². The van der Waals surface area contributed by atoms with Gasteiger partial charge in [-0.15, -0.1) is 0 Å². The van der Waals surface area contributed by atoms with Gasteiger partial charge in [-0.25, -0.2) is 0 Å². The van der Waals surface area contributed by atoms with Crippen molar-refractivity contribution in [2.45, 2.75) is 13.3 Å². The molecule has 0 aliphatic rings. The number of rotatable bonds is 1. The molecule has 3 heteroatoms. The van der Waals surface area contributed by atoms with Crippen molar-refractivity contribution in [2.75, 3.05) is 12.4 Å². The second kappa shape index (κ2) is 7.64. The lowest BCUT2D eigenvalue weighted by atomic mass is 10.2. The SMILES string of the molecule is CNc1ccc(C)cc1.N#CCC#N. The smallest absolute Gasteiger partial charge is 0.122 e. The largest absolute Gasteiger partial charge is 0.388 e. The molecule has 3 nitrogen and oxygen atoms in total. The summed E-state index contributed by atoms with van der Waals surface area (Å²) in [6, 6.07) is 11.6. The zero-order valence-electron chi connectivity index (χ0n) is 8.41. The molecule has 1 aromatic rings. The van der Waals surface area contributed by atoms with Gasteiger partial charge < -0.3 is 5.32 Å². The molecule has 0 saturated heterocycles. The summed E-state index contributed by atoms with van der Waals surface area (Å²) in [4.78, 5) is 0. The maximum absolute atomic E-state index is 7.59. The fourth-order valence-corrected chi connectivity index (χ4v) is 0.756. The lowest BCUT2D eigenvalue weighted by Gasteiger charge is -1.97. The van der Waals surface area contributed by atoms with E-state index >= 15 is 0 Å². The molecule has 14 heavy (non-hydrogen) atoms. The summed E-state index contributed by atoms with van der Waals surface area (Å²) in [6.07, 6.45) is 0. The van der Waals surface area contributed by atoms with E-state index in [2.05, 4.69) is 36.5 Å². The number of nitrogens with one attached hydrogen (secondary N) is 1. The molecule has 0 saturated carbocycles. The first-order valence-corrected chi connectivity index (χ1v) is 4.23. The zero-order valence-corrected chi connectivity index (χ0v) is 8.41.